The molecule has 0 spiro atoms. The summed E-state index contributed by atoms with van der Waals surface area (Å²) in [6.45, 7) is 1.68. The molecule has 0 unspecified atom stereocenters. The highest BCUT2D eigenvalue weighted by molar-refractivity contribution is 7.09. The lowest BCUT2D eigenvalue weighted by atomic mass is 10.1. The SMILES string of the molecule is CC(=O)Nc1ccc(-c2csc(CNC(=O)c3ccccc3F)n2)cc1. The summed E-state index contributed by atoms with van der Waals surface area (Å²) in [4.78, 5) is 27.6. The number of nitrogens with one attached hydrogen (secondary N) is 2. The second-order valence-electron chi connectivity index (χ2n) is 5.55. The number of rotatable bonds is 5. The lowest BCUT2D eigenvalue weighted by Gasteiger charge is -2.04. The highest BCUT2D eigenvalue weighted by atomic mass is 32.1. The van der Waals surface area contributed by atoms with Gasteiger partial charge in [0.2, 0.25) is 5.91 Å². The van der Waals surface area contributed by atoms with Crippen LogP contribution in [0.2, 0.25) is 0 Å². The molecule has 0 bridgehead atoms. The van der Waals surface area contributed by atoms with Crippen molar-refractivity contribution in [2.45, 2.75) is 13.5 Å². The van der Waals surface area contributed by atoms with Crippen molar-refractivity contribution < 1.29 is 14.0 Å². The van der Waals surface area contributed by atoms with Gasteiger partial charge in [-0.25, -0.2) is 9.37 Å². The van der Waals surface area contributed by atoms with Crippen LogP contribution >= 0.6 is 11.3 Å². The molecule has 1 heterocycles. The Bertz CT molecular complexity index is 938. The molecule has 0 aliphatic carbocycles. The second-order valence-corrected chi connectivity index (χ2v) is 6.49. The number of carbonyl (C=O) groups excluding carboxylic acids is 2. The molecule has 132 valence electrons. The fourth-order valence-electron chi connectivity index (χ4n) is 2.35. The van der Waals surface area contributed by atoms with E-state index in [9.17, 15) is 14.0 Å². The number of aromatic nitrogens is 1. The van der Waals surface area contributed by atoms with E-state index in [1.807, 2.05) is 17.5 Å². The first-order valence-electron chi connectivity index (χ1n) is 7.88. The average molecular weight is 369 g/mol. The molecule has 2 amide bonds. The van der Waals surface area contributed by atoms with E-state index < -0.39 is 11.7 Å². The van der Waals surface area contributed by atoms with E-state index in [0.29, 0.717) is 5.69 Å². The Morgan fingerprint density at radius 1 is 1.12 bits per heavy atom. The van der Waals surface area contributed by atoms with E-state index in [1.165, 1.54) is 36.5 Å². The quantitative estimate of drug-likeness (QED) is 0.718. The Kier molecular flexibility index (Phi) is 5.38. The van der Waals surface area contributed by atoms with Crippen LogP contribution in [0.5, 0.6) is 0 Å². The summed E-state index contributed by atoms with van der Waals surface area (Å²) in [5, 5.41) is 7.98. The van der Waals surface area contributed by atoms with Gasteiger partial charge in [0.05, 0.1) is 17.8 Å². The van der Waals surface area contributed by atoms with Crippen molar-refractivity contribution in [1.29, 1.82) is 0 Å². The van der Waals surface area contributed by atoms with Crippen molar-refractivity contribution in [3.63, 3.8) is 0 Å². The molecular weight excluding hydrogens is 353 g/mol. The van der Waals surface area contributed by atoms with E-state index in [2.05, 4.69) is 15.6 Å². The number of thiazole rings is 1. The largest absolute Gasteiger partial charge is 0.345 e. The zero-order chi connectivity index (χ0) is 18.5. The fourth-order valence-corrected chi connectivity index (χ4v) is 3.09. The van der Waals surface area contributed by atoms with E-state index in [1.54, 1.807) is 18.2 Å². The molecule has 0 fully saturated rings. The number of nitrogens with zero attached hydrogens (tertiary/aromatic N) is 1. The van der Waals surface area contributed by atoms with Crippen molar-refractivity contribution >= 4 is 28.8 Å². The van der Waals surface area contributed by atoms with Crippen LogP contribution < -0.4 is 10.6 Å². The van der Waals surface area contributed by atoms with Gasteiger partial charge in [-0.15, -0.1) is 11.3 Å². The zero-order valence-corrected chi connectivity index (χ0v) is 14.8. The summed E-state index contributed by atoms with van der Waals surface area (Å²) in [6.07, 6.45) is 0. The Labute approximate surface area is 153 Å². The van der Waals surface area contributed by atoms with Crippen LogP contribution in [0.15, 0.2) is 53.9 Å². The maximum absolute atomic E-state index is 13.6. The predicted octanol–water partition coefficient (Wildman–Crippen LogP) is 3.84. The summed E-state index contributed by atoms with van der Waals surface area (Å²) in [6, 6.07) is 13.2. The summed E-state index contributed by atoms with van der Waals surface area (Å²) in [5.74, 6) is -1.15. The fraction of sp³-hybridized carbons (Fsp3) is 0.105. The van der Waals surface area contributed by atoms with Crippen LogP contribution in [-0.4, -0.2) is 16.8 Å². The van der Waals surface area contributed by atoms with Crippen LogP contribution in [0.3, 0.4) is 0 Å². The van der Waals surface area contributed by atoms with E-state index in [0.717, 1.165) is 16.3 Å². The third-order valence-electron chi connectivity index (χ3n) is 3.57. The normalized spacial score (nSPS) is 10.4. The van der Waals surface area contributed by atoms with Crippen molar-refractivity contribution in [2.75, 3.05) is 5.32 Å². The average Bonchev–Trinajstić information content (AvgIpc) is 3.09. The molecule has 5 nitrogen and oxygen atoms in total. The van der Waals surface area contributed by atoms with Crippen LogP contribution in [0, 0.1) is 5.82 Å². The maximum atomic E-state index is 13.6. The van der Waals surface area contributed by atoms with Gasteiger partial charge >= 0.3 is 0 Å². The Balaban J connectivity index is 1.64. The summed E-state index contributed by atoms with van der Waals surface area (Å²) in [5.41, 5.74) is 2.41. The first-order valence-corrected chi connectivity index (χ1v) is 8.76. The van der Waals surface area contributed by atoms with Gasteiger partial charge in [-0.2, -0.15) is 0 Å². The number of benzene rings is 2. The smallest absolute Gasteiger partial charge is 0.254 e. The minimum Gasteiger partial charge on any atom is -0.345 e. The van der Waals surface area contributed by atoms with E-state index in [4.69, 9.17) is 0 Å². The molecule has 2 N–H and O–H groups in total. The molecule has 0 saturated carbocycles. The van der Waals surface area contributed by atoms with Gasteiger partial charge in [-0.1, -0.05) is 24.3 Å². The molecule has 2 aromatic carbocycles. The maximum Gasteiger partial charge on any atom is 0.254 e. The molecule has 1 aromatic heterocycles. The molecule has 3 rings (SSSR count). The predicted molar refractivity (Wildman–Crippen MR) is 99.4 cm³/mol. The third-order valence-corrected chi connectivity index (χ3v) is 4.42. The van der Waals surface area contributed by atoms with Gasteiger partial charge in [0, 0.05) is 23.6 Å². The lowest BCUT2D eigenvalue weighted by Crippen LogP contribution is -2.23. The Morgan fingerprint density at radius 3 is 2.54 bits per heavy atom. The number of carbonyl (C=O) groups is 2. The lowest BCUT2D eigenvalue weighted by molar-refractivity contribution is -0.114. The topological polar surface area (TPSA) is 71.1 Å². The highest BCUT2D eigenvalue weighted by Gasteiger charge is 2.11. The molecule has 7 heteroatoms. The monoisotopic (exact) mass is 369 g/mol. The van der Waals surface area contributed by atoms with Crippen molar-refractivity contribution in [1.82, 2.24) is 10.3 Å². The van der Waals surface area contributed by atoms with Crippen molar-refractivity contribution in [3.05, 3.63) is 70.3 Å². The number of halogens is 1. The van der Waals surface area contributed by atoms with E-state index >= 15 is 0 Å². The summed E-state index contributed by atoms with van der Waals surface area (Å²) >= 11 is 1.41. The summed E-state index contributed by atoms with van der Waals surface area (Å²) in [7, 11) is 0. The Hall–Kier alpha value is -3.06. The molecule has 0 aliphatic heterocycles. The van der Waals surface area contributed by atoms with Crippen LogP contribution in [0.25, 0.3) is 11.3 Å². The standard InChI is InChI=1S/C19H16FN3O2S/c1-12(24)22-14-8-6-13(7-9-14)17-11-26-18(23-17)10-21-19(25)15-4-2-3-5-16(15)20/h2-9,11H,10H2,1H3,(H,21,25)(H,22,24). The molecule has 0 saturated heterocycles. The van der Waals surface area contributed by atoms with E-state index in [-0.39, 0.29) is 18.0 Å². The second kappa shape index (κ2) is 7.88. The molecule has 3 aromatic rings. The van der Waals surface area contributed by atoms with Gasteiger partial charge in [-0.05, 0) is 24.3 Å². The van der Waals surface area contributed by atoms with Crippen molar-refractivity contribution in [2.24, 2.45) is 0 Å². The molecule has 0 aliphatic rings. The zero-order valence-electron chi connectivity index (χ0n) is 14.0. The van der Waals surface area contributed by atoms with Gasteiger partial charge in [0.1, 0.15) is 10.8 Å². The summed E-state index contributed by atoms with van der Waals surface area (Å²) < 4.78 is 13.6. The molecular formula is C19H16FN3O2S. The first kappa shape index (κ1) is 17.8. The van der Waals surface area contributed by atoms with Gasteiger partial charge in [0.25, 0.3) is 5.91 Å². The number of anilines is 1. The third kappa shape index (κ3) is 4.31. The number of hydrogen-bond acceptors (Lipinski definition) is 4. The molecule has 0 atom stereocenters. The van der Waals surface area contributed by atoms with Gasteiger partial charge in [0.15, 0.2) is 0 Å². The molecule has 0 radical (unpaired) electrons. The minimum absolute atomic E-state index is 0.0119. The highest BCUT2D eigenvalue weighted by Crippen LogP contribution is 2.23. The Morgan fingerprint density at radius 2 is 1.85 bits per heavy atom. The van der Waals surface area contributed by atoms with Crippen LogP contribution in [0.4, 0.5) is 10.1 Å². The molecule has 26 heavy (non-hydrogen) atoms. The number of hydrogen-bond donors (Lipinski definition) is 2. The van der Waals surface area contributed by atoms with Gasteiger partial charge < -0.3 is 10.6 Å². The number of amides is 2. The minimum atomic E-state index is -0.552. The van der Waals surface area contributed by atoms with Crippen LogP contribution in [-0.2, 0) is 11.3 Å². The first-order chi connectivity index (χ1) is 12.5. The van der Waals surface area contributed by atoms with Crippen LogP contribution in [0.1, 0.15) is 22.3 Å². The van der Waals surface area contributed by atoms with Gasteiger partial charge in [-0.3, -0.25) is 9.59 Å². The van der Waals surface area contributed by atoms with Crippen molar-refractivity contribution in [3.8, 4) is 11.3 Å².